The van der Waals surface area contributed by atoms with E-state index >= 15 is 0 Å². The minimum Gasteiger partial charge on any atom is -0.463 e. The van der Waals surface area contributed by atoms with Gasteiger partial charge in [-0.05, 0) is 42.0 Å². The molecule has 152 valence electrons. The second kappa shape index (κ2) is 7.61. The van der Waals surface area contributed by atoms with Crippen molar-refractivity contribution >= 4 is 52.1 Å². The van der Waals surface area contributed by atoms with Gasteiger partial charge >= 0.3 is 0 Å². The summed E-state index contributed by atoms with van der Waals surface area (Å²) in [6.45, 7) is 0. The van der Waals surface area contributed by atoms with E-state index in [0.29, 0.717) is 37.8 Å². The molecule has 0 fully saturated rings. The smallest absolute Gasteiger partial charge is 0.215 e. The summed E-state index contributed by atoms with van der Waals surface area (Å²) in [7, 11) is 0. The fraction of sp³-hybridized carbons (Fsp3) is 0.136. The molecule has 0 spiro atoms. The average Bonchev–Trinajstić information content (AvgIpc) is 3.14. The molecule has 0 bridgehead atoms. The molecule has 2 aliphatic rings. The van der Waals surface area contributed by atoms with Crippen molar-refractivity contribution in [3.05, 3.63) is 97.2 Å². The largest absolute Gasteiger partial charge is 0.463 e. The molecule has 0 unspecified atom stereocenters. The highest BCUT2D eigenvalue weighted by Crippen LogP contribution is 2.51. The maximum Gasteiger partial charge on any atom is 0.215 e. The zero-order valence-corrected chi connectivity index (χ0v) is 18.3. The number of fused-ring (bicyclic) bond motifs is 3. The van der Waals surface area contributed by atoms with Crippen LogP contribution in [0.4, 0.5) is 4.39 Å². The minimum absolute atomic E-state index is 0.165. The van der Waals surface area contributed by atoms with E-state index in [4.69, 9.17) is 56.2 Å². The molecule has 0 aliphatic carbocycles. The topological polar surface area (TPSA) is 24.8 Å². The lowest BCUT2D eigenvalue weighted by atomic mass is 9.96. The Bertz CT molecular complexity index is 1180. The van der Waals surface area contributed by atoms with Gasteiger partial charge in [-0.25, -0.2) is 9.40 Å². The Morgan fingerprint density at radius 2 is 1.60 bits per heavy atom. The Balaban J connectivity index is 1.64. The third-order valence-corrected chi connectivity index (χ3v) is 6.28. The summed E-state index contributed by atoms with van der Waals surface area (Å²) in [5.41, 5.74) is 3.20. The minimum atomic E-state index is -0.608. The SMILES string of the molecule is Fc1ccc(C2=NN3[C@@H](c4ccc(Cl)cc4Cl)Oc4c(Cl)cc(Cl)cc4[C@@H]3C2)cc1. The Morgan fingerprint density at radius 3 is 2.33 bits per heavy atom. The Labute approximate surface area is 192 Å². The molecule has 0 aromatic heterocycles. The van der Waals surface area contributed by atoms with Crippen LogP contribution in [0.2, 0.25) is 20.1 Å². The molecule has 30 heavy (non-hydrogen) atoms. The molecule has 0 N–H and O–H groups in total. The fourth-order valence-corrected chi connectivity index (χ4v) is 4.89. The third-order valence-electron chi connectivity index (χ3n) is 5.21. The van der Waals surface area contributed by atoms with Crippen LogP contribution in [0.25, 0.3) is 0 Å². The Morgan fingerprint density at radius 1 is 0.867 bits per heavy atom. The van der Waals surface area contributed by atoms with Crippen molar-refractivity contribution < 1.29 is 9.13 Å². The van der Waals surface area contributed by atoms with Gasteiger partial charge in [0.1, 0.15) is 11.6 Å². The molecule has 0 saturated heterocycles. The number of halogens is 5. The van der Waals surface area contributed by atoms with Gasteiger partial charge in [0.25, 0.3) is 0 Å². The van der Waals surface area contributed by atoms with Crippen LogP contribution in [0, 0.1) is 5.82 Å². The molecule has 3 aromatic carbocycles. The lowest BCUT2D eigenvalue weighted by Gasteiger charge is -2.39. The first-order valence-corrected chi connectivity index (χ1v) is 10.6. The second-order valence-corrected chi connectivity index (χ2v) is 8.78. The first-order chi connectivity index (χ1) is 14.4. The van der Waals surface area contributed by atoms with Gasteiger partial charge in [-0.2, -0.15) is 5.10 Å². The van der Waals surface area contributed by atoms with Crippen LogP contribution < -0.4 is 4.74 Å². The number of rotatable bonds is 2. The second-order valence-electron chi connectivity index (χ2n) is 7.10. The van der Waals surface area contributed by atoms with Crippen molar-refractivity contribution in [2.45, 2.75) is 18.7 Å². The van der Waals surface area contributed by atoms with Crippen LogP contribution >= 0.6 is 46.4 Å². The summed E-state index contributed by atoms with van der Waals surface area (Å²) in [6, 6.07) is 14.8. The van der Waals surface area contributed by atoms with Crippen LogP contribution in [0.15, 0.2) is 59.7 Å². The number of ether oxygens (including phenoxy) is 1. The number of hydrazone groups is 1. The van der Waals surface area contributed by atoms with E-state index in [2.05, 4.69) is 0 Å². The number of hydrogen-bond acceptors (Lipinski definition) is 3. The van der Waals surface area contributed by atoms with Gasteiger partial charge in [-0.1, -0.05) is 64.6 Å². The molecule has 0 radical (unpaired) electrons. The van der Waals surface area contributed by atoms with E-state index in [9.17, 15) is 4.39 Å². The summed E-state index contributed by atoms with van der Waals surface area (Å²) < 4.78 is 19.7. The van der Waals surface area contributed by atoms with Crippen molar-refractivity contribution in [2.75, 3.05) is 0 Å². The van der Waals surface area contributed by atoms with Crippen LogP contribution in [0.1, 0.15) is 35.4 Å². The van der Waals surface area contributed by atoms with Crippen LogP contribution in [-0.2, 0) is 0 Å². The van der Waals surface area contributed by atoms with E-state index in [-0.39, 0.29) is 11.9 Å². The van der Waals surface area contributed by atoms with Gasteiger partial charge in [-0.3, -0.25) is 0 Å². The highest BCUT2D eigenvalue weighted by molar-refractivity contribution is 6.36. The van der Waals surface area contributed by atoms with Crippen molar-refractivity contribution in [2.24, 2.45) is 5.10 Å². The zero-order chi connectivity index (χ0) is 21.0. The molecule has 2 aliphatic heterocycles. The molecular weight excluding hydrogens is 469 g/mol. The van der Waals surface area contributed by atoms with Gasteiger partial charge in [0.15, 0.2) is 0 Å². The number of nitrogens with zero attached hydrogens (tertiary/aromatic N) is 2. The van der Waals surface area contributed by atoms with Crippen LogP contribution in [0.5, 0.6) is 5.75 Å². The van der Waals surface area contributed by atoms with Gasteiger partial charge in [0.2, 0.25) is 6.23 Å². The van der Waals surface area contributed by atoms with Crippen molar-refractivity contribution in [1.82, 2.24) is 5.01 Å². The molecule has 5 rings (SSSR count). The zero-order valence-electron chi connectivity index (χ0n) is 15.3. The van der Waals surface area contributed by atoms with Crippen LogP contribution in [0.3, 0.4) is 0 Å². The lowest BCUT2D eigenvalue weighted by Crippen LogP contribution is -2.34. The van der Waals surface area contributed by atoms with E-state index in [0.717, 1.165) is 16.8 Å². The maximum atomic E-state index is 13.4. The summed E-state index contributed by atoms with van der Waals surface area (Å²) in [5, 5.41) is 8.59. The quantitative estimate of drug-likeness (QED) is 0.374. The van der Waals surface area contributed by atoms with E-state index < -0.39 is 6.23 Å². The molecule has 0 amide bonds. The first-order valence-electron chi connectivity index (χ1n) is 9.13. The van der Waals surface area contributed by atoms with Gasteiger partial charge in [-0.15, -0.1) is 0 Å². The molecule has 3 aromatic rings. The first kappa shape index (κ1) is 20.0. The molecular formula is C22H13Cl4FN2O. The molecule has 0 saturated carbocycles. The lowest BCUT2D eigenvalue weighted by molar-refractivity contribution is -0.0188. The van der Waals surface area contributed by atoms with Crippen molar-refractivity contribution in [3.8, 4) is 5.75 Å². The Kier molecular flexibility index (Phi) is 5.06. The average molecular weight is 482 g/mol. The predicted molar refractivity (Wildman–Crippen MR) is 118 cm³/mol. The standard InChI is InChI=1S/C22H13Cl4FN2O/c23-12-3-6-15(17(25)8-12)22-29-20(16-7-13(24)9-18(26)21(16)30-22)10-19(28-29)11-1-4-14(27)5-2-11/h1-9,20,22H,10H2/t20-,22+/m0/s1. The number of hydrogen-bond donors (Lipinski definition) is 0. The maximum absolute atomic E-state index is 13.4. The highest BCUT2D eigenvalue weighted by Gasteiger charge is 2.42. The molecule has 2 heterocycles. The normalized spacial score (nSPS) is 19.8. The molecule has 2 atom stereocenters. The molecule has 8 heteroatoms. The Hall–Kier alpha value is -1.98. The summed E-state index contributed by atoms with van der Waals surface area (Å²) >= 11 is 25.3. The van der Waals surface area contributed by atoms with Gasteiger partial charge in [0.05, 0.1) is 21.8 Å². The van der Waals surface area contributed by atoms with Gasteiger partial charge in [0, 0.05) is 27.6 Å². The van der Waals surface area contributed by atoms with Crippen molar-refractivity contribution in [3.63, 3.8) is 0 Å². The summed E-state index contributed by atoms with van der Waals surface area (Å²) in [4.78, 5) is 0. The van der Waals surface area contributed by atoms with E-state index in [1.54, 1.807) is 30.3 Å². The summed E-state index contributed by atoms with van der Waals surface area (Å²) in [5.74, 6) is 0.252. The van der Waals surface area contributed by atoms with Gasteiger partial charge < -0.3 is 4.74 Å². The number of benzene rings is 3. The molecule has 3 nitrogen and oxygen atoms in total. The highest BCUT2D eigenvalue weighted by atomic mass is 35.5. The van der Waals surface area contributed by atoms with E-state index in [1.807, 2.05) is 17.1 Å². The monoisotopic (exact) mass is 480 g/mol. The predicted octanol–water partition coefficient (Wildman–Crippen LogP) is 7.68. The van der Waals surface area contributed by atoms with Crippen LogP contribution in [-0.4, -0.2) is 10.7 Å². The summed E-state index contributed by atoms with van der Waals surface area (Å²) in [6.07, 6.45) is -0.0238. The van der Waals surface area contributed by atoms with Crippen molar-refractivity contribution in [1.29, 1.82) is 0 Å². The van der Waals surface area contributed by atoms with E-state index in [1.165, 1.54) is 12.1 Å². The third kappa shape index (κ3) is 3.42. The fourth-order valence-electron chi connectivity index (χ4n) is 3.84.